The second-order valence-electron chi connectivity index (χ2n) is 4.42. The summed E-state index contributed by atoms with van der Waals surface area (Å²) >= 11 is 0. The number of carbonyl (C=O) groups excluding carboxylic acids is 2. The largest absolute Gasteiger partial charge is 0.508 e. The zero-order chi connectivity index (χ0) is 14.9. The maximum Gasteiger partial charge on any atom is 0.508 e. The average molecular weight is 274 g/mol. The molecule has 0 saturated carbocycles. The Balaban J connectivity index is 4.99. The number of carbonyl (C=O) groups is 2. The second-order valence-corrected chi connectivity index (χ2v) is 4.42. The van der Waals surface area contributed by atoms with Crippen molar-refractivity contribution in [2.75, 3.05) is 13.2 Å². The minimum Gasteiger partial charge on any atom is -0.465 e. The van der Waals surface area contributed by atoms with Crippen LogP contribution >= 0.6 is 0 Å². The molecular weight excluding hydrogens is 248 g/mol. The minimum absolute atomic E-state index is 0.248. The van der Waals surface area contributed by atoms with Crippen molar-refractivity contribution >= 4 is 12.1 Å². The minimum atomic E-state index is -0.794. The molecule has 2 atom stereocenters. The summed E-state index contributed by atoms with van der Waals surface area (Å²) in [5, 5.41) is 0. The fourth-order valence-corrected chi connectivity index (χ4v) is 2.21. The zero-order valence-corrected chi connectivity index (χ0v) is 12.7. The summed E-state index contributed by atoms with van der Waals surface area (Å²) < 4.78 is 15.1. The highest BCUT2D eigenvalue weighted by molar-refractivity contribution is 5.78. The zero-order valence-electron chi connectivity index (χ0n) is 12.7. The molecule has 112 valence electrons. The fourth-order valence-electron chi connectivity index (χ4n) is 2.21. The van der Waals surface area contributed by atoms with Crippen LogP contribution in [0.5, 0.6) is 0 Å². The molecule has 0 aromatic heterocycles. The summed E-state index contributed by atoms with van der Waals surface area (Å²) in [6.45, 7) is 9.64. The third kappa shape index (κ3) is 4.73. The Morgan fingerprint density at radius 3 is 2.05 bits per heavy atom. The molecule has 0 aliphatic rings. The van der Waals surface area contributed by atoms with Crippen molar-refractivity contribution in [3.8, 4) is 0 Å². The molecule has 0 aromatic rings. The number of ether oxygens (including phenoxy) is 3. The van der Waals surface area contributed by atoms with Gasteiger partial charge in [0.1, 0.15) is 11.5 Å². The van der Waals surface area contributed by atoms with Gasteiger partial charge in [0, 0.05) is 0 Å². The number of hydrogen-bond donors (Lipinski definition) is 0. The van der Waals surface area contributed by atoms with Crippen molar-refractivity contribution < 1.29 is 23.8 Å². The van der Waals surface area contributed by atoms with Gasteiger partial charge in [-0.15, -0.1) is 0 Å². The van der Waals surface area contributed by atoms with Crippen molar-refractivity contribution in [2.24, 2.45) is 5.41 Å². The summed E-state index contributed by atoms with van der Waals surface area (Å²) in [4.78, 5) is 23.6. The normalized spacial score (nSPS) is 15.2. The Labute approximate surface area is 115 Å². The van der Waals surface area contributed by atoms with Gasteiger partial charge in [-0.3, -0.25) is 4.79 Å². The molecule has 2 unspecified atom stereocenters. The van der Waals surface area contributed by atoms with Crippen molar-refractivity contribution in [1.82, 2.24) is 0 Å². The van der Waals surface area contributed by atoms with Crippen LogP contribution in [0.4, 0.5) is 4.79 Å². The monoisotopic (exact) mass is 274 g/mol. The van der Waals surface area contributed by atoms with E-state index < -0.39 is 17.7 Å². The van der Waals surface area contributed by atoms with Crippen LogP contribution in [0.1, 0.15) is 53.9 Å². The molecule has 0 aliphatic carbocycles. The van der Waals surface area contributed by atoms with Gasteiger partial charge in [0.15, 0.2) is 0 Å². The summed E-state index contributed by atoms with van der Waals surface area (Å²) in [6.07, 6.45) is 0.663. The first-order valence-corrected chi connectivity index (χ1v) is 6.99. The smallest absolute Gasteiger partial charge is 0.465 e. The Kier molecular flexibility index (Phi) is 8.19. The highest BCUT2D eigenvalue weighted by Crippen LogP contribution is 2.36. The van der Waals surface area contributed by atoms with Crippen LogP contribution in [0, 0.1) is 5.41 Å². The second kappa shape index (κ2) is 8.77. The van der Waals surface area contributed by atoms with Crippen LogP contribution in [0.15, 0.2) is 0 Å². The first kappa shape index (κ1) is 17.7. The Morgan fingerprint density at radius 2 is 1.63 bits per heavy atom. The van der Waals surface area contributed by atoms with E-state index in [1.54, 1.807) is 20.8 Å². The molecule has 0 N–H and O–H groups in total. The Hall–Kier alpha value is -1.26. The molecule has 0 rings (SSSR count). The lowest BCUT2D eigenvalue weighted by Crippen LogP contribution is -2.44. The third-order valence-corrected chi connectivity index (χ3v) is 3.32. The molecule has 0 heterocycles. The summed E-state index contributed by atoms with van der Waals surface area (Å²) in [6, 6.07) is 0. The molecule has 0 spiro atoms. The molecule has 5 heteroatoms. The van der Waals surface area contributed by atoms with E-state index in [9.17, 15) is 9.59 Å². The summed E-state index contributed by atoms with van der Waals surface area (Å²) in [7, 11) is 0. The highest BCUT2D eigenvalue weighted by Gasteiger charge is 2.45. The molecule has 5 nitrogen and oxygen atoms in total. The van der Waals surface area contributed by atoms with Gasteiger partial charge >= 0.3 is 12.1 Å². The van der Waals surface area contributed by atoms with E-state index in [1.807, 2.05) is 13.8 Å². The molecule has 0 aliphatic heterocycles. The molecule has 0 amide bonds. The Bertz CT molecular complexity index is 290. The van der Waals surface area contributed by atoms with Crippen LogP contribution < -0.4 is 0 Å². The molecule has 0 bridgehead atoms. The van der Waals surface area contributed by atoms with Crippen molar-refractivity contribution in [3.05, 3.63) is 0 Å². The van der Waals surface area contributed by atoms with Gasteiger partial charge in [-0.1, -0.05) is 20.3 Å². The van der Waals surface area contributed by atoms with E-state index in [0.29, 0.717) is 19.4 Å². The Morgan fingerprint density at radius 1 is 1.05 bits per heavy atom. The first-order valence-electron chi connectivity index (χ1n) is 6.99. The van der Waals surface area contributed by atoms with E-state index in [-0.39, 0.29) is 12.6 Å². The van der Waals surface area contributed by atoms with Crippen LogP contribution in [-0.2, 0) is 19.0 Å². The van der Waals surface area contributed by atoms with E-state index >= 15 is 0 Å². The van der Waals surface area contributed by atoms with Gasteiger partial charge in [-0.2, -0.15) is 0 Å². The molecule has 0 saturated heterocycles. The van der Waals surface area contributed by atoms with Crippen LogP contribution in [0.2, 0.25) is 0 Å². The number of rotatable bonds is 8. The lowest BCUT2D eigenvalue weighted by atomic mass is 9.76. The topological polar surface area (TPSA) is 61.8 Å². The fraction of sp³-hybridized carbons (Fsp3) is 0.857. The van der Waals surface area contributed by atoms with Crippen molar-refractivity contribution in [3.63, 3.8) is 0 Å². The van der Waals surface area contributed by atoms with Crippen LogP contribution in [0.3, 0.4) is 0 Å². The quantitative estimate of drug-likeness (QED) is 0.635. The van der Waals surface area contributed by atoms with Crippen LogP contribution in [-0.4, -0.2) is 31.4 Å². The molecule has 0 radical (unpaired) electrons. The molecule has 19 heavy (non-hydrogen) atoms. The maximum absolute atomic E-state index is 12.2. The van der Waals surface area contributed by atoms with Gasteiger partial charge < -0.3 is 14.2 Å². The van der Waals surface area contributed by atoms with Gasteiger partial charge in [0.05, 0.1) is 13.2 Å². The molecular formula is C14H26O5. The van der Waals surface area contributed by atoms with Crippen molar-refractivity contribution in [1.29, 1.82) is 0 Å². The number of esters is 1. The van der Waals surface area contributed by atoms with E-state index in [1.165, 1.54) is 0 Å². The van der Waals surface area contributed by atoms with Crippen molar-refractivity contribution in [2.45, 2.75) is 60.0 Å². The predicted octanol–water partition coefficient (Wildman–Crippen LogP) is 3.31. The van der Waals surface area contributed by atoms with Gasteiger partial charge in [0.25, 0.3) is 0 Å². The molecule has 0 fully saturated rings. The third-order valence-electron chi connectivity index (χ3n) is 3.32. The van der Waals surface area contributed by atoms with Crippen LogP contribution in [0.25, 0.3) is 0 Å². The van der Waals surface area contributed by atoms with Gasteiger partial charge in [0.2, 0.25) is 0 Å². The standard InChI is InChI=1S/C14H26O5/c1-6-10-14(7-2,12(15)17-8-3)11(5)19-13(16)18-9-4/h11H,6-10H2,1-5H3. The summed E-state index contributed by atoms with van der Waals surface area (Å²) in [5.74, 6) is -0.309. The first-order chi connectivity index (χ1) is 8.98. The lowest BCUT2D eigenvalue weighted by molar-refractivity contribution is -0.164. The molecule has 0 aromatic carbocycles. The van der Waals surface area contributed by atoms with Gasteiger partial charge in [-0.25, -0.2) is 4.79 Å². The van der Waals surface area contributed by atoms with E-state index in [2.05, 4.69) is 0 Å². The van der Waals surface area contributed by atoms with Gasteiger partial charge in [-0.05, 0) is 33.6 Å². The predicted molar refractivity (Wildman–Crippen MR) is 71.8 cm³/mol. The SMILES string of the molecule is CCCC(CC)(C(=O)OCC)C(C)OC(=O)OCC. The number of hydrogen-bond acceptors (Lipinski definition) is 5. The highest BCUT2D eigenvalue weighted by atomic mass is 16.7. The lowest BCUT2D eigenvalue weighted by Gasteiger charge is -2.34. The van der Waals surface area contributed by atoms with E-state index in [0.717, 1.165) is 6.42 Å². The maximum atomic E-state index is 12.2. The average Bonchev–Trinajstić information content (AvgIpc) is 2.36. The summed E-state index contributed by atoms with van der Waals surface area (Å²) in [5.41, 5.74) is -0.794. The van der Waals surface area contributed by atoms with E-state index in [4.69, 9.17) is 14.2 Å².